The van der Waals surface area contributed by atoms with Crippen molar-refractivity contribution >= 4 is 0 Å². The van der Waals surface area contributed by atoms with Gasteiger partial charge >= 0.3 is 0 Å². The first-order chi connectivity index (χ1) is 8.61. The van der Waals surface area contributed by atoms with Crippen molar-refractivity contribution < 1.29 is 4.74 Å². The Kier molecular flexibility index (Phi) is 4.25. The molecule has 3 nitrogen and oxygen atoms in total. The van der Waals surface area contributed by atoms with Crippen LogP contribution in [0.5, 0.6) is 5.75 Å². The molecule has 1 N–H and O–H groups in total. The Morgan fingerprint density at radius 3 is 2.78 bits per heavy atom. The average molecular weight is 248 g/mol. The zero-order valence-electron chi connectivity index (χ0n) is 11.9. The van der Waals surface area contributed by atoms with E-state index in [9.17, 15) is 0 Å². The van der Waals surface area contributed by atoms with Crippen LogP contribution in [-0.4, -0.2) is 38.2 Å². The van der Waals surface area contributed by atoms with Gasteiger partial charge in [0.05, 0.1) is 7.11 Å². The second kappa shape index (κ2) is 5.72. The highest BCUT2D eigenvalue weighted by Crippen LogP contribution is 2.26. The summed E-state index contributed by atoms with van der Waals surface area (Å²) in [6.07, 6.45) is 1.24. The average Bonchev–Trinajstić information content (AvgIpc) is 2.81. The molecule has 1 heterocycles. The summed E-state index contributed by atoms with van der Waals surface area (Å²) in [4.78, 5) is 2.43. The normalized spacial score (nSPS) is 19.5. The second-order valence-electron chi connectivity index (χ2n) is 5.34. The number of benzene rings is 1. The van der Waals surface area contributed by atoms with E-state index in [1.165, 1.54) is 23.1 Å². The van der Waals surface area contributed by atoms with Crippen LogP contribution in [0.1, 0.15) is 23.1 Å². The van der Waals surface area contributed by atoms with Crippen LogP contribution in [0.2, 0.25) is 0 Å². The van der Waals surface area contributed by atoms with Crippen molar-refractivity contribution in [2.45, 2.75) is 32.9 Å². The quantitative estimate of drug-likeness (QED) is 0.883. The number of hydrogen-bond acceptors (Lipinski definition) is 3. The fourth-order valence-corrected chi connectivity index (χ4v) is 2.87. The molecule has 0 saturated carbocycles. The van der Waals surface area contributed by atoms with E-state index < -0.39 is 0 Å². The molecule has 0 aliphatic carbocycles. The standard InChI is InChI=1S/C15H24N2O/c1-11-7-12(2)15(18-4)13(8-11)10-17(3)14-5-6-16-9-14/h7-8,14,16H,5-6,9-10H2,1-4H3. The summed E-state index contributed by atoms with van der Waals surface area (Å²) < 4.78 is 5.55. The molecule has 0 radical (unpaired) electrons. The predicted molar refractivity (Wildman–Crippen MR) is 75.2 cm³/mol. The number of ether oxygens (including phenoxy) is 1. The maximum absolute atomic E-state index is 5.55. The molecule has 0 bridgehead atoms. The summed E-state index contributed by atoms with van der Waals surface area (Å²) in [7, 11) is 3.97. The van der Waals surface area contributed by atoms with Crippen LogP contribution in [0.15, 0.2) is 12.1 Å². The van der Waals surface area contributed by atoms with E-state index in [1.54, 1.807) is 7.11 Å². The maximum Gasteiger partial charge on any atom is 0.126 e. The molecule has 0 amide bonds. The summed E-state index contributed by atoms with van der Waals surface area (Å²) in [5.74, 6) is 1.04. The van der Waals surface area contributed by atoms with Crippen molar-refractivity contribution in [3.05, 3.63) is 28.8 Å². The predicted octanol–water partition coefficient (Wildman–Crippen LogP) is 2.11. The van der Waals surface area contributed by atoms with Crippen molar-refractivity contribution in [1.29, 1.82) is 0 Å². The van der Waals surface area contributed by atoms with Crippen LogP contribution < -0.4 is 10.1 Å². The van der Waals surface area contributed by atoms with E-state index in [0.29, 0.717) is 6.04 Å². The molecule has 0 aromatic heterocycles. The van der Waals surface area contributed by atoms with Crippen LogP contribution in [0.3, 0.4) is 0 Å². The third kappa shape index (κ3) is 2.85. The van der Waals surface area contributed by atoms with E-state index in [0.717, 1.165) is 25.4 Å². The molecule has 1 aromatic rings. The fourth-order valence-electron chi connectivity index (χ4n) is 2.87. The summed E-state index contributed by atoms with van der Waals surface area (Å²) >= 11 is 0. The Morgan fingerprint density at radius 2 is 2.17 bits per heavy atom. The minimum Gasteiger partial charge on any atom is -0.496 e. The Balaban J connectivity index is 2.16. The van der Waals surface area contributed by atoms with Gasteiger partial charge in [-0.1, -0.05) is 17.7 Å². The largest absolute Gasteiger partial charge is 0.496 e. The van der Waals surface area contributed by atoms with Gasteiger partial charge in [-0.15, -0.1) is 0 Å². The van der Waals surface area contributed by atoms with Crippen LogP contribution in [0.4, 0.5) is 0 Å². The fraction of sp³-hybridized carbons (Fsp3) is 0.600. The molecule has 1 aliphatic heterocycles. The number of likely N-dealkylation sites (N-methyl/N-ethyl adjacent to an activating group) is 1. The van der Waals surface area contributed by atoms with Gasteiger partial charge in [0.15, 0.2) is 0 Å². The molecule has 3 heteroatoms. The van der Waals surface area contributed by atoms with Crippen molar-refractivity contribution in [3.63, 3.8) is 0 Å². The minimum absolute atomic E-state index is 0.649. The first-order valence-electron chi connectivity index (χ1n) is 6.67. The van der Waals surface area contributed by atoms with Crippen LogP contribution >= 0.6 is 0 Å². The van der Waals surface area contributed by atoms with Gasteiger partial charge in [0.25, 0.3) is 0 Å². The van der Waals surface area contributed by atoms with Crippen molar-refractivity contribution in [1.82, 2.24) is 10.2 Å². The zero-order chi connectivity index (χ0) is 13.1. The first kappa shape index (κ1) is 13.4. The number of nitrogens with one attached hydrogen (secondary N) is 1. The van der Waals surface area contributed by atoms with Gasteiger partial charge in [0.1, 0.15) is 5.75 Å². The third-order valence-corrected chi connectivity index (χ3v) is 3.78. The molecule has 1 fully saturated rings. The highest BCUT2D eigenvalue weighted by molar-refractivity contribution is 5.43. The molecule has 2 rings (SSSR count). The maximum atomic E-state index is 5.55. The zero-order valence-corrected chi connectivity index (χ0v) is 11.9. The number of rotatable bonds is 4. The second-order valence-corrected chi connectivity index (χ2v) is 5.34. The highest BCUT2D eigenvalue weighted by atomic mass is 16.5. The molecule has 1 aromatic carbocycles. The smallest absolute Gasteiger partial charge is 0.126 e. The monoisotopic (exact) mass is 248 g/mol. The van der Waals surface area contributed by atoms with Crippen molar-refractivity contribution in [2.75, 3.05) is 27.2 Å². The molecule has 1 saturated heterocycles. The Morgan fingerprint density at radius 1 is 1.39 bits per heavy atom. The first-order valence-corrected chi connectivity index (χ1v) is 6.67. The molecule has 100 valence electrons. The summed E-state index contributed by atoms with van der Waals surface area (Å²) in [6, 6.07) is 5.07. The van der Waals surface area contributed by atoms with E-state index in [1.807, 2.05) is 0 Å². The van der Waals surface area contributed by atoms with Crippen LogP contribution in [-0.2, 0) is 6.54 Å². The van der Waals surface area contributed by atoms with E-state index in [-0.39, 0.29) is 0 Å². The van der Waals surface area contributed by atoms with Gasteiger partial charge in [0.2, 0.25) is 0 Å². The number of nitrogens with zero attached hydrogens (tertiary/aromatic N) is 1. The molecule has 1 atom stereocenters. The summed E-state index contributed by atoms with van der Waals surface area (Å²) in [6.45, 7) is 7.46. The Labute approximate surface area is 110 Å². The van der Waals surface area contributed by atoms with Crippen molar-refractivity contribution in [2.24, 2.45) is 0 Å². The molecule has 0 spiro atoms. The molecular weight excluding hydrogens is 224 g/mol. The van der Waals surface area contributed by atoms with Gasteiger partial charge in [-0.3, -0.25) is 4.90 Å². The van der Waals surface area contributed by atoms with Gasteiger partial charge < -0.3 is 10.1 Å². The van der Waals surface area contributed by atoms with Crippen LogP contribution in [0.25, 0.3) is 0 Å². The van der Waals surface area contributed by atoms with E-state index in [4.69, 9.17) is 4.74 Å². The summed E-state index contributed by atoms with van der Waals surface area (Å²) in [5.41, 5.74) is 3.83. The van der Waals surface area contributed by atoms with Crippen LogP contribution in [0, 0.1) is 13.8 Å². The number of aryl methyl sites for hydroxylation is 2. The van der Waals surface area contributed by atoms with Gasteiger partial charge in [-0.2, -0.15) is 0 Å². The lowest BCUT2D eigenvalue weighted by Crippen LogP contribution is -2.33. The minimum atomic E-state index is 0.649. The highest BCUT2D eigenvalue weighted by Gasteiger charge is 2.20. The summed E-state index contributed by atoms with van der Waals surface area (Å²) in [5, 5.41) is 3.42. The molecule has 18 heavy (non-hydrogen) atoms. The van der Waals surface area contributed by atoms with E-state index >= 15 is 0 Å². The SMILES string of the molecule is COc1c(C)cc(C)cc1CN(C)C1CCNC1. The van der Waals surface area contributed by atoms with E-state index in [2.05, 4.69) is 43.2 Å². The lowest BCUT2D eigenvalue weighted by atomic mass is 10.0. The topological polar surface area (TPSA) is 24.5 Å². The lowest BCUT2D eigenvalue weighted by molar-refractivity contribution is 0.245. The molecule has 1 unspecified atom stereocenters. The Bertz CT molecular complexity index is 411. The van der Waals surface area contributed by atoms with Gasteiger partial charge in [-0.25, -0.2) is 0 Å². The number of methoxy groups -OCH3 is 1. The van der Waals surface area contributed by atoms with Gasteiger partial charge in [-0.05, 0) is 39.4 Å². The molecular formula is C15H24N2O. The number of hydrogen-bond donors (Lipinski definition) is 1. The Hall–Kier alpha value is -1.06. The van der Waals surface area contributed by atoms with Gasteiger partial charge in [0, 0.05) is 24.7 Å². The lowest BCUT2D eigenvalue weighted by Gasteiger charge is -2.25. The third-order valence-electron chi connectivity index (χ3n) is 3.78. The molecule has 1 aliphatic rings. The van der Waals surface area contributed by atoms with Crippen molar-refractivity contribution in [3.8, 4) is 5.75 Å².